The zero-order valence-electron chi connectivity index (χ0n) is 13.0. The van der Waals surface area contributed by atoms with Crippen molar-refractivity contribution in [3.8, 4) is 0 Å². The molecule has 1 saturated heterocycles. The highest BCUT2D eigenvalue weighted by Gasteiger charge is 2.15. The van der Waals surface area contributed by atoms with Gasteiger partial charge in [0.1, 0.15) is 0 Å². The summed E-state index contributed by atoms with van der Waals surface area (Å²) in [5, 5.41) is 7.52. The van der Waals surface area contributed by atoms with E-state index in [4.69, 9.17) is 4.52 Å². The van der Waals surface area contributed by atoms with Crippen LogP contribution in [-0.2, 0) is 12.8 Å². The molecule has 1 aliphatic heterocycles. The Morgan fingerprint density at radius 2 is 2.00 bits per heavy atom. The quantitative estimate of drug-likeness (QED) is 0.917. The summed E-state index contributed by atoms with van der Waals surface area (Å²) in [7, 11) is 0. The number of halogens is 1. The molecule has 0 unspecified atom stereocenters. The minimum Gasteiger partial charge on any atom is -0.339 e. The van der Waals surface area contributed by atoms with E-state index in [1.807, 2.05) is 0 Å². The first-order chi connectivity index (χ1) is 10.3. The molecule has 5 heteroatoms. The van der Waals surface area contributed by atoms with Gasteiger partial charge in [0.25, 0.3) is 0 Å². The maximum Gasteiger partial charge on any atom is 0.226 e. The van der Waals surface area contributed by atoms with E-state index < -0.39 is 0 Å². The molecule has 0 atom stereocenters. The number of nitrogens with one attached hydrogen (secondary N) is 1. The minimum atomic E-state index is 0. The molecule has 3 rings (SSSR count). The Bertz CT molecular complexity index is 579. The fourth-order valence-electron chi connectivity index (χ4n) is 2.94. The molecule has 0 aliphatic carbocycles. The van der Waals surface area contributed by atoms with Crippen molar-refractivity contribution >= 4 is 12.4 Å². The minimum absolute atomic E-state index is 0. The van der Waals surface area contributed by atoms with Crippen molar-refractivity contribution in [3.05, 3.63) is 47.1 Å². The maximum atomic E-state index is 5.39. The fourth-order valence-corrected chi connectivity index (χ4v) is 2.94. The second-order valence-electron chi connectivity index (χ2n) is 5.94. The second kappa shape index (κ2) is 8.30. The average Bonchev–Trinajstić information content (AvgIpc) is 2.96. The average molecular weight is 322 g/mol. The largest absolute Gasteiger partial charge is 0.339 e. The monoisotopic (exact) mass is 321 g/mol. The van der Waals surface area contributed by atoms with Gasteiger partial charge in [0.05, 0.1) is 0 Å². The molecule has 4 nitrogen and oxygen atoms in total. The molecule has 2 heterocycles. The van der Waals surface area contributed by atoms with Gasteiger partial charge in [0.2, 0.25) is 5.89 Å². The number of nitrogens with zero attached hydrogens (tertiary/aromatic N) is 2. The van der Waals surface area contributed by atoms with Gasteiger partial charge in [0, 0.05) is 12.8 Å². The Morgan fingerprint density at radius 3 is 2.77 bits per heavy atom. The summed E-state index contributed by atoms with van der Waals surface area (Å²) in [6.07, 6.45) is 5.36. The van der Waals surface area contributed by atoms with Crippen LogP contribution < -0.4 is 5.32 Å². The van der Waals surface area contributed by atoms with Crippen LogP contribution in [0.15, 0.2) is 28.8 Å². The van der Waals surface area contributed by atoms with Crippen LogP contribution in [0.5, 0.6) is 0 Å². The summed E-state index contributed by atoms with van der Waals surface area (Å²) in [5.74, 6) is 2.39. The number of piperidine rings is 1. The summed E-state index contributed by atoms with van der Waals surface area (Å²) in [5.41, 5.74) is 2.54. The predicted octanol–water partition coefficient (Wildman–Crippen LogP) is 3.32. The van der Waals surface area contributed by atoms with Crippen LogP contribution in [0.2, 0.25) is 0 Å². The van der Waals surface area contributed by atoms with Crippen LogP contribution in [0, 0.1) is 12.8 Å². The lowest BCUT2D eigenvalue weighted by Gasteiger charge is -2.21. The fraction of sp³-hybridized carbons (Fsp3) is 0.529. The summed E-state index contributed by atoms with van der Waals surface area (Å²) in [6.45, 7) is 4.41. The molecule has 1 aliphatic rings. The molecule has 22 heavy (non-hydrogen) atoms. The van der Waals surface area contributed by atoms with Crippen molar-refractivity contribution < 1.29 is 4.52 Å². The third-order valence-electron chi connectivity index (χ3n) is 4.35. The number of rotatable bonds is 5. The molecule has 0 amide bonds. The van der Waals surface area contributed by atoms with Crippen molar-refractivity contribution in [1.29, 1.82) is 0 Å². The van der Waals surface area contributed by atoms with Gasteiger partial charge < -0.3 is 9.84 Å². The third kappa shape index (κ3) is 4.55. The van der Waals surface area contributed by atoms with Crippen molar-refractivity contribution in [2.24, 2.45) is 5.92 Å². The molecule has 0 spiro atoms. The van der Waals surface area contributed by atoms with Gasteiger partial charge in [-0.25, -0.2) is 0 Å². The second-order valence-corrected chi connectivity index (χ2v) is 5.94. The van der Waals surface area contributed by atoms with Gasteiger partial charge in [0.15, 0.2) is 5.82 Å². The lowest BCUT2D eigenvalue weighted by Crippen LogP contribution is -2.27. The van der Waals surface area contributed by atoms with E-state index in [-0.39, 0.29) is 12.4 Å². The van der Waals surface area contributed by atoms with E-state index in [0.29, 0.717) is 0 Å². The maximum absolute atomic E-state index is 5.39. The number of benzene rings is 1. The zero-order valence-corrected chi connectivity index (χ0v) is 13.9. The summed E-state index contributed by atoms with van der Waals surface area (Å²) < 4.78 is 5.39. The molecule has 2 aromatic rings. The molecule has 120 valence electrons. The van der Waals surface area contributed by atoms with Crippen molar-refractivity contribution in [2.75, 3.05) is 13.1 Å². The lowest BCUT2D eigenvalue weighted by atomic mass is 9.93. The van der Waals surface area contributed by atoms with E-state index in [1.165, 1.54) is 24.0 Å². The van der Waals surface area contributed by atoms with Crippen LogP contribution in [0.25, 0.3) is 0 Å². The summed E-state index contributed by atoms with van der Waals surface area (Å²) in [4.78, 5) is 4.54. The van der Waals surface area contributed by atoms with Crippen LogP contribution in [0.1, 0.15) is 42.1 Å². The Morgan fingerprint density at radius 1 is 1.23 bits per heavy atom. The lowest BCUT2D eigenvalue weighted by molar-refractivity contribution is 0.323. The van der Waals surface area contributed by atoms with Crippen LogP contribution >= 0.6 is 12.4 Å². The van der Waals surface area contributed by atoms with Crippen LogP contribution in [0.4, 0.5) is 0 Å². The molecule has 0 bridgehead atoms. The predicted molar refractivity (Wildman–Crippen MR) is 89.4 cm³/mol. The SMILES string of the molecule is Cc1ccccc1Cc1noc(CCC2CCNCC2)n1.Cl. The highest BCUT2D eigenvalue weighted by molar-refractivity contribution is 5.85. The number of aryl methyl sites for hydroxylation is 2. The van der Waals surface area contributed by atoms with E-state index in [9.17, 15) is 0 Å². The van der Waals surface area contributed by atoms with Gasteiger partial charge in [-0.05, 0) is 56.3 Å². The van der Waals surface area contributed by atoms with E-state index in [2.05, 4.69) is 46.6 Å². The van der Waals surface area contributed by atoms with Gasteiger partial charge in [-0.3, -0.25) is 0 Å². The van der Waals surface area contributed by atoms with Crippen LogP contribution in [0.3, 0.4) is 0 Å². The van der Waals surface area contributed by atoms with Crippen LogP contribution in [-0.4, -0.2) is 23.2 Å². The first-order valence-corrected chi connectivity index (χ1v) is 7.88. The molecule has 1 fully saturated rings. The molecular formula is C17H24ClN3O. The molecule has 1 aromatic heterocycles. The number of hydrogen-bond donors (Lipinski definition) is 1. The van der Waals surface area contributed by atoms with Gasteiger partial charge >= 0.3 is 0 Å². The Labute approximate surface area is 138 Å². The van der Waals surface area contributed by atoms with Crippen molar-refractivity contribution in [1.82, 2.24) is 15.5 Å². The molecule has 1 N–H and O–H groups in total. The molecule has 0 saturated carbocycles. The number of hydrogen-bond acceptors (Lipinski definition) is 4. The molecule has 0 radical (unpaired) electrons. The normalized spacial score (nSPS) is 15.5. The van der Waals surface area contributed by atoms with E-state index in [1.54, 1.807) is 0 Å². The van der Waals surface area contributed by atoms with Gasteiger partial charge in [-0.15, -0.1) is 12.4 Å². The first kappa shape index (κ1) is 17.0. The standard InChI is InChI=1S/C17H23N3O.ClH/c1-13-4-2-3-5-15(13)12-16-19-17(21-20-16)7-6-14-8-10-18-11-9-14;/h2-5,14,18H,6-12H2,1H3;1H. The molecule has 1 aromatic carbocycles. The molecular weight excluding hydrogens is 298 g/mol. The third-order valence-corrected chi connectivity index (χ3v) is 4.35. The first-order valence-electron chi connectivity index (χ1n) is 7.88. The zero-order chi connectivity index (χ0) is 14.5. The van der Waals surface area contributed by atoms with Gasteiger partial charge in [-0.1, -0.05) is 29.4 Å². The Kier molecular flexibility index (Phi) is 6.40. The number of aromatic nitrogens is 2. The van der Waals surface area contributed by atoms with E-state index >= 15 is 0 Å². The summed E-state index contributed by atoms with van der Waals surface area (Å²) in [6, 6.07) is 8.35. The summed E-state index contributed by atoms with van der Waals surface area (Å²) >= 11 is 0. The van der Waals surface area contributed by atoms with Gasteiger partial charge in [-0.2, -0.15) is 4.98 Å². The topological polar surface area (TPSA) is 51.0 Å². The Balaban J connectivity index is 0.00000176. The van der Waals surface area contributed by atoms with Crippen molar-refractivity contribution in [2.45, 2.75) is 39.0 Å². The highest BCUT2D eigenvalue weighted by Crippen LogP contribution is 2.18. The van der Waals surface area contributed by atoms with Crippen molar-refractivity contribution in [3.63, 3.8) is 0 Å². The van der Waals surface area contributed by atoms with E-state index in [0.717, 1.165) is 50.0 Å². The Hall–Kier alpha value is -1.39. The smallest absolute Gasteiger partial charge is 0.226 e. The highest BCUT2D eigenvalue weighted by atomic mass is 35.5.